The molecule has 0 N–H and O–H groups in total. The normalized spacial score (nSPS) is 19.1. The van der Waals surface area contributed by atoms with Crippen LogP contribution in [0.5, 0.6) is 0 Å². The smallest absolute Gasteiger partial charge is 0.170 e. The third kappa shape index (κ3) is 2.14. The van der Waals surface area contributed by atoms with Crippen molar-refractivity contribution in [1.29, 1.82) is 0 Å². The van der Waals surface area contributed by atoms with Gasteiger partial charge in [-0.3, -0.25) is 0 Å². The summed E-state index contributed by atoms with van der Waals surface area (Å²) < 4.78 is 14.0. The fourth-order valence-corrected chi connectivity index (χ4v) is 2.29. The van der Waals surface area contributed by atoms with Crippen LogP contribution in [0.4, 0.5) is 10.2 Å². The van der Waals surface area contributed by atoms with Gasteiger partial charge in [0.05, 0.1) is 5.88 Å². The number of alkyl halides is 1. The van der Waals surface area contributed by atoms with Crippen molar-refractivity contribution in [3.05, 3.63) is 23.6 Å². The van der Waals surface area contributed by atoms with Crippen molar-refractivity contribution in [3.8, 4) is 0 Å². The van der Waals surface area contributed by atoms with E-state index in [-0.39, 0.29) is 17.1 Å². The third-order valence-corrected chi connectivity index (χ3v) is 3.36. The molecule has 16 heavy (non-hydrogen) atoms. The zero-order chi connectivity index (χ0) is 11.8. The molecule has 0 aliphatic carbocycles. The lowest BCUT2D eigenvalue weighted by Gasteiger charge is -2.21. The number of halogens is 2. The first kappa shape index (κ1) is 11.6. The summed E-state index contributed by atoms with van der Waals surface area (Å²) in [4.78, 5) is 6.13. The van der Waals surface area contributed by atoms with E-state index in [1.54, 1.807) is 12.3 Å². The molecule has 0 saturated carbocycles. The van der Waals surface area contributed by atoms with E-state index in [0.29, 0.717) is 11.4 Å². The molecular weight excluding hydrogens is 227 g/mol. The average molecular weight is 243 g/mol. The van der Waals surface area contributed by atoms with Gasteiger partial charge in [-0.15, -0.1) is 11.6 Å². The highest BCUT2D eigenvalue weighted by atomic mass is 35.5. The minimum absolute atomic E-state index is 0.193. The number of hydrogen-bond donors (Lipinski definition) is 0. The van der Waals surface area contributed by atoms with Crippen LogP contribution in [-0.4, -0.2) is 18.1 Å². The van der Waals surface area contributed by atoms with Gasteiger partial charge in [0.2, 0.25) is 0 Å². The van der Waals surface area contributed by atoms with Crippen molar-refractivity contribution < 1.29 is 4.39 Å². The van der Waals surface area contributed by atoms with Gasteiger partial charge in [-0.05, 0) is 17.9 Å². The number of nitrogens with zero attached hydrogens (tertiary/aromatic N) is 2. The standard InChI is InChI=1S/C12H16ClFN2/c1-12(2)4-6-16(8-12)11-10(14)9(7-13)3-5-15-11/h3,5H,4,6-8H2,1-2H3. The Labute approximate surface area is 100 Å². The maximum atomic E-state index is 14.0. The second kappa shape index (κ2) is 4.21. The van der Waals surface area contributed by atoms with Crippen molar-refractivity contribution in [1.82, 2.24) is 4.98 Å². The summed E-state index contributed by atoms with van der Waals surface area (Å²) >= 11 is 5.68. The Morgan fingerprint density at radius 2 is 2.31 bits per heavy atom. The fourth-order valence-electron chi connectivity index (χ4n) is 2.09. The largest absolute Gasteiger partial charge is 0.354 e. The summed E-state index contributed by atoms with van der Waals surface area (Å²) in [6, 6.07) is 1.63. The molecule has 2 heterocycles. The van der Waals surface area contributed by atoms with Crippen LogP contribution in [0.15, 0.2) is 12.3 Å². The molecule has 0 atom stereocenters. The topological polar surface area (TPSA) is 16.1 Å². The molecule has 0 bridgehead atoms. The minimum Gasteiger partial charge on any atom is -0.354 e. The molecule has 1 aromatic heterocycles. The van der Waals surface area contributed by atoms with Gasteiger partial charge in [-0.2, -0.15) is 0 Å². The predicted molar refractivity (Wildman–Crippen MR) is 64.4 cm³/mol. The molecule has 0 amide bonds. The van der Waals surface area contributed by atoms with E-state index in [1.807, 2.05) is 4.90 Å². The summed E-state index contributed by atoms with van der Waals surface area (Å²) in [5, 5.41) is 0. The van der Waals surface area contributed by atoms with Crippen LogP contribution in [0.2, 0.25) is 0 Å². The van der Waals surface area contributed by atoms with Gasteiger partial charge in [0, 0.05) is 24.8 Å². The highest BCUT2D eigenvalue weighted by Crippen LogP contribution is 2.33. The van der Waals surface area contributed by atoms with Crippen molar-refractivity contribution in [2.24, 2.45) is 5.41 Å². The molecule has 0 aromatic carbocycles. The van der Waals surface area contributed by atoms with Gasteiger partial charge < -0.3 is 4.90 Å². The quantitative estimate of drug-likeness (QED) is 0.741. The molecule has 2 rings (SSSR count). The zero-order valence-electron chi connectivity index (χ0n) is 9.63. The van der Waals surface area contributed by atoms with Crippen LogP contribution in [-0.2, 0) is 5.88 Å². The van der Waals surface area contributed by atoms with Crippen LogP contribution in [0.3, 0.4) is 0 Å². The van der Waals surface area contributed by atoms with E-state index in [2.05, 4.69) is 18.8 Å². The second-order valence-corrected chi connectivity index (χ2v) is 5.34. The van der Waals surface area contributed by atoms with Crippen molar-refractivity contribution in [2.75, 3.05) is 18.0 Å². The molecule has 88 valence electrons. The summed E-state index contributed by atoms with van der Waals surface area (Å²) in [5.74, 6) is 0.373. The Kier molecular flexibility index (Phi) is 3.06. The van der Waals surface area contributed by atoms with Gasteiger partial charge in [-0.1, -0.05) is 13.8 Å². The molecule has 1 aliphatic rings. The lowest BCUT2D eigenvalue weighted by atomic mass is 9.93. The molecular formula is C12H16ClFN2. The summed E-state index contributed by atoms with van der Waals surface area (Å²) in [7, 11) is 0. The molecule has 1 saturated heterocycles. The molecule has 0 spiro atoms. The SMILES string of the molecule is CC1(C)CCN(c2nccc(CCl)c2F)C1. The van der Waals surface area contributed by atoms with E-state index >= 15 is 0 Å². The fraction of sp³-hybridized carbons (Fsp3) is 0.583. The first-order valence-corrected chi connectivity index (χ1v) is 6.01. The van der Waals surface area contributed by atoms with Gasteiger partial charge in [0.1, 0.15) is 0 Å². The van der Waals surface area contributed by atoms with E-state index in [0.717, 1.165) is 19.5 Å². The second-order valence-electron chi connectivity index (χ2n) is 5.08. The van der Waals surface area contributed by atoms with E-state index in [1.165, 1.54) is 0 Å². The molecule has 0 radical (unpaired) electrons. The molecule has 2 nitrogen and oxygen atoms in total. The Morgan fingerprint density at radius 3 is 2.88 bits per heavy atom. The minimum atomic E-state index is -0.268. The van der Waals surface area contributed by atoms with E-state index in [4.69, 9.17) is 11.6 Å². The van der Waals surface area contributed by atoms with Crippen LogP contribution < -0.4 is 4.90 Å². The van der Waals surface area contributed by atoms with Crippen LogP contribution in [0.1, 0.15) is 25.8 Å². The summed E-state index contributed by atoms with van der Waals surface area (Å²) in [6.07, 6.45) is 2.70. The molecule has 1 aromatic rings. The highest BCUT2D eigenvalue weighted by Gasteiger charge is 2.31. The van der Waals surface area contributed by atoms with Crippen LogP contribution in [0, 0.1) is 11.2 Å². The Morgan fingerprint density at radius 1 is 1.56 bits per heavy atom. The van der Waals surface area contributed by atoms with E-state index < -0.39 is 0 Å². The number of anilines is 1. The third-order valence-electron chi connectivity index (χ3n) is 3.07. The van der Waals surface area contributed by atoms with Gasteiger partial charge in [0.15, 0.2) is 11.6 Å². The zero-order valence-corrected chi connectivity index (χ0v) is 10.4. The average Bonchev–Trinajstić information content (AvgIpc) is 2.59. The lowest BCUT2D eigenvalue weighted by molar-refractivity contribution is 0.418. The van der Waals surface area contributed by atoms with Crippen molar-refractivity contribution in [2.45, 2.75) is 26.1 Å². The lowest BCUT2D eigenvalue weighted by Crippen LogP contribution is -2.24. The molecule has 0 unspecified atom stereocenters. The molecule has 1 fully saturated rings. The van der Waals surface area contributed by atoms with Crippen LogP contribution in [0.25, 0.3) is 0 Å². The Bertz CT molecular complexity index is 393. The Hall–Kier alpha value is -0.830. The van der Waals surface area contributed by atoms with Crippen LogP contribution >= 0.6 is 11.6 Å². The van der Waals surface area contributed by atoms with E-state index in [9.17, 15) is 4.39 Å². The van der Waals surface area contributed by atoms with Crippen molar-refractivity contribution >= 4 is 17.4 Å². The van der Waals surface area contributed by atoms with Gasteiger partial charge in [0.25, 0.3) is 0 Å². The first-order valence-electron chi connectivity index (χ1n) is 5.48. The first-order chi connectivity index (χ1) is 7.53. The number of pyridine rings is 1. The van der Waals surface area contributed by atoms with Crippen molar-refractivity contribution in [3.63, 3.8) is 0 Å². The van der Waals surface area contributed by atoms with Gasteiger partial charge in [-0.25, -0.2) is 9.37 Å². The number of rotatable bonds is 2. The summed E-state index contributed by atoms with van der Waals surface area (Å²) in [6.45, 7) is 6.10. The Balaban J connectivity index is 2.28. The maximum absolute atomic E-state index is 14.0. The van der Waals surface area contributed by atoms with Gasteiger partial charge >= 0.3 is 0 Å². The number of aromatic nitrogens is 1. The summed E-state index contributed by atoms with van der Waals surface area (Å²) in [5.41, 5.74) is 0.766. The molecule has 4 heteroatoms. The highest BCUT2D eigenvalue weighted by molar-refractivity contribution is 6.17. The maximum Gasteiger partial charge on any atom is 0.170 e. The monoisotopic (exact) mass is 242 g/mol. The molecule has 1 aliphatic heterocycles. The predicted octanol–water partition coefficient (Wildman–Crippen LogP) is 3.20. The number of hydrogen-bond acceptors (Lipinski definition) is 2.